The molecule has 74 valence electrons. The van der Waals surface area contributed by atoms with E-state index in [1.807, 2.05) is 0 Å². The number of carbonyl (C=O) groups is 1. The lowest BCUT2D eigenvalue weighted by molar-refractivity contribution is -0.119. The average Bonchev–Trinajstić information content (AvgIpc) is 2.04. The smallest absolute Gasteiger partial charge is 0.233 e. The highest BCUT2D eigenvalue weighted by Crippen LogP contribution is 1.96. The van der Waals surface area contributed by atoms with E-state index in [1.165, 1.54) is 6.42 Å². The van der Waals surface area contributed by atoms with Crippen molar-refractivity contribution in [3.05, 3.63) is 0 Å². The molecule has 0 aliphatic carbocycles. The molecule has 0 aromatic carbocycles. The maximum atomic E-state index is 10.6. The minimum atomic E-state index is -0.0659. The summed E-state index contributed by atoms with van der Waals surface area (Å²) in [4.78, 5) is 10.6. The highest BCUT2D eigenvalue weighted by molar-refractivity contribution is 9.09. The van der Waals surface area contributed by atoms with Gasteiger partial charge in [0.1, 0.15) is 0 Å². The Bertz CT molecular complexity index is 114. The molecular formula is C7H16BrClN2O. The van der Waals surface area contributed by atoms with Gasteiger partial charge in [-0.3, -0.25) is 4.79 Å². The SMILES string of the molecule is Cl.NCC(=O)NCCCCCBr. The molecule has 0 fully saturated rings. The van der Waals surface area contributed by atoms with Gasteiger partial charge in [0.05, 0.1) is 6.54 Å². The first kappa shape index (κ1) is 14.7. The molecule has 0 rings (SSSR count). The molecule has 0 bridgehead atoms. The van der Waals surface area contributed by atoms with Crippen molar-refractivity contribution >= 4 is 34.2 Å². The number of unbranched alkanes of at least 4 members (excludes halogenated alkanes) is 2. The summed E-state index contributed by atoms with van der Waals surface area (Å²) in [5.74, 6) is -0.0659. The third kappa shape index (κ3) is 10.2. The van der Waals surface area contributed by atoms with Crippen molar-refractivity contribution in [1.29, 1.82) is 0 Å². The van der Waals surface area contributed by atoms with Gasteiger partial charge < -0.3 is 11.1 Å². The Morgan fingerprint density at radius 2 is 2.00 bits per heavy atom. The molecule has 3 nitrogen and oxygen atoms in total. The van der Waals surface area contributed by atoms with Crippen molar-refractivity contribution < 1.29 is 4.79 Å². The van der Waals surface area contributed by atoms with Crippen LogP contribution in [0.2, 0.25) is 0 Å². The lowest BCUT2D eigenvalue weighted by atomic mass is 10.2. The number of nitrogens with one attached hydrogen (secondary N) is 1. The summed E-state index contributed by atoms with van der Waals surface area (Å²) in [6, 6.07) is 0. The lowest BCUT2D eigenvalue weighted by Crippen LogP contribution is -2.30. The van der Waals surface area contributed by atoms with Crippen LogP contribution >= 0.6 is 28.3 Å². The molecule has 0 radical (unpaired) electrons. The van der Waals surface area contributed by atoms with Crippen LogP contribution in [-0.2, 0) is 4.79 Å². The monoisotopic (exact) mass is 258 g/mol. The van der Waals surface area contributed by atoms with Gasteiger partial charge in [0.15, 0.2) is 0 Å². The number of alkyl halides is 1. The summed E-state index contributed by atoms with van der Waals surface area (Å²) in [6.07, 6.45) is 3.35. The molecule has 0 unspecified atom stereocenters. The van der Waals surface area contributed by atoms with E-state index in [0.717, 1.165) is 24.7 Å². The van der Waals surface area contributed by atoms with Crippen molar-refractivity contribution in [3.8, 4) is 0 Å². The number of amides is 1. The Balaban J connectivity index is 0. The van der Waals surface area contributed by atoms with E-state index < -0.39 is 0 Å². The minimum absolute atomic E-state index is 0. The fourth-order valence-corrected chi connectivity index (χ4v) is 1.09. The lowest BCUT2D eigenvalue weighted by Gasteiger charge is -2.01. The summed E-state index contributed by atoms with van der Waals surface area (Å²) >= 11 is 3.34. The molecule has 12 heavy (non-hydrogen) atoms. The fourth-order valence-electron chi connectivity index (χ4n) is 0.696. The van der Waals surface area contributed by atoms with Gasteiger partial charge in [-0.25, -0.2) is 0 Å². The minimum Gasteiger partial charge on any atom is -0.355 e. The number of carbonyl (C=O) groups excluding carboxylic acids is 1. The Hall–Kier alpha value is 0.200. The average molecular weight is 260 g/mol. The predicted octanol–water partition coefficient (Wildman–Crippen LogP) is 1.05. The zero-order valence-electron chi connectivity index (χ0n) is 7.01. The van der Waals surface area contributed by atoms with Gasteiger partial charge in [-0.1, -0.05) is 22.4 Å². The second kappa shape index (κ2) is 11.2. The second-order valence-corrected chi connectivity index (χ2v) is 3.10. The van der Waals surface area contributed by atoms with Crippen molar-refractivity contribution in [2.75, 3.05) is 18.4 Å². The van der Waals surface area contributed by atoms with Crippen LogP contribution in [0, 0.1) is 0 Å². The summed E-state index contributed by atoms with van der Waals surface area (Å²) < 4.78 is 0. The number of rotatable bonds is 6. The Morgan fingerprint density at radius 1 is 1.33 bits per heavy atom. The molecule has 0 saturated heterocycles. The number of halogens is 2. The van der Waals surface area contributed by atoms with Crippen LogP contribution < -0.4 is 11.1 Å². The number of nitrogens with two attached hydrogens (primary N) is 1. The first-order valence-electron chi connectivity index (χ1n) is 3.84. The van der Waals surface area contributed by atoms with E-state index in [1.54, 1.807) is 0 Å². The van der Waals surface area contributed by atoms with Gasteiger partial charge in [0, 0.05) is 11.9 Å². The number of hydrogen-bond acceptors (Lipinski definition) is 2. The topological polar surface area (TPSA) is 55.1 Å². The first-order valence-corrected chi connectivity index (χ1v) is 4.96. The molecule has 0 aromatic rings. The largest absolute Gasteiger partial charge is 0.355 e. The highest BCUT2D eigenvalue weighted by Gasteiger charge is 1.94. The molecule has 0 aromatic heterocycles. The van der Waals surface area contributed by atoms with E-state index in [2.05, 4.69) is 21.2 Å². The third-order valence-corrected chi connectivity index (χ3v) is 1.88. The summed E-state index contributed by atoms with van der Waals surface area (Å²) in [7, 11) is 0. The standard InChI is InChI=1S/C7H15BrN2O.ClH/c8-4-2-1-3-5-10-7(11)6-9;/h1-6,9H2,(H,10,11);1H. The molecule has 0 atom stereocenters. The van der Waals surface area contributed by atoms with Crippen LogP contribution in [0.1, 0.15) is 19.3 Å². The maximum Gasteiger partial charge on any atom is 0.233 e. The molecule has 0 aliphatic heterocycles. The molecule has 0 heterocycles. The van der Waals surface area contributed by atoms with Gasteiger partial charge in [-0.15, -0.1) is 12.4 Å². The molecule has 0 aliphatic rings. The second-order valence-electron chi connectivity index (χ2n) is 2.30. The van der Waals surface area contributed by atoms with Crippen LogP contribution in [0.15, 0.2) is 0 Å². The molecule has 0 saturated carbocycles. The van der Waals surface area contributed by atoms with Crippen molar-refractivity contribution in [2.45, 2.75) is 19.3 Å². The first-order chi connectivity index (χ1) is 5.31. The Morgan fingerprint density at radius 3 is 2.50 bits per heavy atom. The van der Waals surface area contributed by atoms with Gasteiger partial charge >= 0.3 is 0 Å². The Kier molecular flexibility index (Phi) is 13.7. The summed E-state index contributed by atoms with van der Waals surface area (Å²) in [5, 5.41) is 3.75. The van der Waals surface area contributed by atoms with Crippen molar-refractivity contribution in [2.24, 2.45) is 5.73 Å². The summed E-state index contributed by atoms with van der Waals surface area (Å²) in [6.45, 7) is 0.849. The predicted molar refractivity (Wildman–Crippen MR) is 57.0 cm³/mol. The zero-order chi connectivity index (χ0) is 8.53. The maximum absolute atomic E-state index is 10.6. The van der Waals surface area contributed by atoms with Crippen molar-refractivity contribution in [1.82, 2.24) is 5.32 Å². The van der Waals surface area contributed by atoms with Gasteiger partial charge in [-0.2, -0.15) is 0 Å². The fraction of sp³-hybridized carbons (Fsp3) is 0.857. The van der Waals surface area contributed by atoms with E-state index in [4.69, 9.17) is 5.73 Å². The molecule has 1 amide bonds. The molecular weight excluding hydrogens is 243 g/mol. The van der Waals surface area contributed by atoms with Gasteiger partial charge in [-0.05, 0) is 12.8 Å². The van der Waals surface area contributed by atoms with Crippen LogP contribution in [0.25, 0.3) is 0 Å². The Labute approximate surface area is 88.0 Å². The molecule has 0 spiro atoms. The van der Waals surface area contributed by atoms with Crippen LogP contribution in [0.4, 0.5) is 0 Å². The van der Waals surface area contributed by atoms with Crippen LogP contribution in [-0.4, -0.2) is 24.3 Å². The summed E-state index contributed by atoms with van der Waals surface area (Å²) in [5.41, 5.74) is 5.09. The zero-order valence-corrected chi connectivity index (χ0v) is 9.42. The molecule has 3 N–H and O–H groups in total. The quantitative estimate of drug-likeness (QED) is 0.553. The third-order valence-electron chi connectivity index (χ3n) is 1.32. The van der Waals surface area contributed by atoms with Gasteiger partial charge in [0.2, 0.25) is 5.91 Å². The van der Waals surface area contributed by atoms with Crippen LogP contribution in [0.3, 0.4) is 0 Å². The van der Waals surface area contributed by atoms with E-state index >= 15 is 0 Å². The van der Waals surface area contributed by atoms with Crippen LogP contribution in [0.5, 0.6) is 0 Å². The van der Waals surface area contributed by atoms with Crippen molar-refractivity contribution in [3.63, 3.8) is 0 Å². The highest BCUT2D eigenvalue weighted by atomic mass is 79.9. The van der Waals surface area contributed by atoms with E-state index in [9.17, 15) is 4.79 Å². The molecule has 5 heteroatoms. The van der Waals surface area contributed by atoms with E-state index in [0.29, 0.717) is 0 Å². The number of hydrogen-bond donors (Lipinski definition) is 2. The van der Waals surface area contributed by atoms with E-state index in [-0.39, 0.29) is 24.9 Å². The van der Waals surface area contributed by atoms with Gasteiger partial charge in [0.25, 0.3) is 0 Å². The normalized spacial score (nSPS) is 8.83.